The van der Waals surface area contributed by atoms with E-state index in [4.69, 9.17) is 4.74 Å². The Bertz CT molecular complexity index is 1740. The summed E-state index contributed by atoms with van der Waals surface area (Å²) in [5.41, 5.74) is -3.02. The van der Waals surface area contributed by atoms with E-state index in [9.17, 15) is 34.8 Å². The highest BCUT2D eigenvalue weighted by atomic mass is 32.2. The quantitative estimate of drug-likeness (QED) is 0.272. The minimum absolute atomic E-state index is 0.00318. The van der Waals surface area contributed by atoms with Gasteiger partial charge in [0, 0.05) is 45.0 Å². The van der Waals surface area contributed by atoms with Crippen LogP contribution in [0.2, 0.25) is 0 Å². The fourth-order valence-corrected chi connectivity index (χ4v) is 5.67. The Morgan fingerprint density at radius 1 is 1.00 bits per heavy atom. The first-order chi connectivity index (χ1) is 20.2. The third kappa shape index (κ3) is 6.83. The Morgan fingerprint density at radius 2 is 1.74 bits per heavy atom. The molecule has 2 aromatic heterocycles. The number of alkyl halides is 6. The van der Waals surface area contributed by atoms with Crippen molar-refractivity contribution < 1.29 is 39.5 Å². The SMILES string of the molecule is Cn1nc(-c2ccc(NS(=O)(=O)c3cccc(C(F)(F)F)c3)c(C(F)(F)F)c2)c2cnc(NCCN3CCOCC3)nc21. The number of benzene rings is 2. The molecule has 17 heteroatoms. The summed E-state index contributed by atoms with van der Waals surface area (Å²) < 4.78 is 116. The van der Waals surface area contributed by atoms with E-state index in [0.717, 1.165) is 37.8 Å². The number of anilines is 2. The highest BCUT2D eigenvalue weighted by Gasteiger charge is 2.36. The third-order valence-corrected chi connectivity index (χ3v) is 8.07. The van der Waals surface area contributed by atoms with Crippen LogP contribution in [0.5, 0.6) is 0 Å². The summed E-state index contributed by atoms with van der Waals surface area (Å²) in [4.78, 5) is 10.1. The zero-order valence-electron chi connectivity index (χ0n) is 22.5. The van der Waals surface area contributed by atoms with Crippen molar-refractivity contribution in [3.05, 3.63) is 59.8 Å². The number of rotatable bonds is 8. The first-order valence-corrected chi connectivity index (χ1v) is 14.4. The van der Waals surface area contributed by atoms with Crippen LogP contribution >= 0.6 is 0 Å². The van der Waals surface area contributed by atoms with Gasteiger partial charge in [-0.1, -0.05) is 12.1 Å². The fraction of sp³-hybridized carbons (Fsp3) is 0.346. The van der Waals surface area contributed by atoms with Crippen molar-refractivity contribution in [1.29, 1.82) is 0 Å². The molecule has 2 aromatic carbocycles. The molecule has 230 valence electrons. The predicted octanol–water partition coefficient (Wildman–Crippen LogP) is 4.61. The number of ether oxygens (including phenoxy) is 1. The Hall–Kier alpha value is -3.96. The second-order valence-corrected chi connectivity index (χ2v) is 11.4. The molecule has 4 aromatic rings. The van der Waals surface area contributed by atoms with Gasteiger partial charge in [0.1, 0.15) is 5.69 Å². The number of halogens is 6. The highest BCUT2D eigenvalue weighted by Crippen LogP contribution is 2.39. The number of nitrogens with zero attached hydrogens (tertiary/aromatic N) is 5. The zero-order valence-corrected chi connectivity index (χ0v) is 23.3. The van der Waals surface area contributed by atoms with E-state index in [-0.39, 0.29) is 11.3 Å². The van der Waals surface area contributed by atoms with Gasteiger partial charge in [-0.05, 0) is 30.3 Å². The molecular weight excluding hydrogens is 604 g/mol. The van der Waals surface area contributed by atoms with Gasteiger partial charge in [0.25, 0.3) is 10.0 Å². The van der Waals surface area contributed by atoms with Crippen LogP contribution in [0, 0.1) is 0 Å². The van der Waals surface area contributed by atoms with Crippen LogP contribution in [0.1, 0.15) is 11.1 Å². The van der Waals surface area contributed by atoms with Gasteiger partial charge in [-0.25, -0.2) is 18.1 Å². The lowest BCUT2D eigenvalue weighted by Gasteiger charge is -2.26. The summed E-state index contributed by atoms with van der Waals surface area (Å²) in [5.74, 6) is 0.311. The number of hydrogen-bond donors (Lipinski definition) is 2. The van der Waals surface area contributed by atoms with E-state index >= 15 is 0 Å². The minimum Gasteiger partial charge on any atom is -0.379 e. The molecule has 10 nitrogen and oxygen atoms in total. The zero-order chi connectivity index (χ0) is 31.0. The van der Waals surface area contributed by atoms with Crippen molar-refractivity contribution in [1.82, 2.24) is 24.6 Å². The number of sulfonamides is 1. The van der Waals surface area contributed by atoms with Gasteiger partial charge in [-0.15, -0.1) is 0 Å². The smallest absolute Gasteiger partial charge is 0.379 e. The van der Waals surface area contributed by atoms with Crippen molar-refractivity contribution in [2.24, 2.45) is 7.05 Å². The largest absolute Gasteiger partial charge is 0.418 e. The molecule has 1 fully saturated rings. The third-order valence-electron chi connectivity index (χ3n) is 6.71. The molecule has 1 aliphatic rings. The molecule has 1 saturated heterocycles. The molecule has 1 aliphatic heterocycles. The molecule has 0 bridgehead atoms. The lowest BCUT2D eigenvalue weighted by molar-refractivity contribution is -0.138. The molecule has 0 amide bonds. The van der Waals surface area contributed by atoms with E-state index in [1.54, 1.807) is 11.8 Å². The lowest BCUT2D eigenvalue weighted by Crippen LogP contribution is -2.39. The second kappa shape index (κ2) is 11.6. The van der Waals surface area contributed by atoms with Crippen LogP contribution < -0.4 is 10.0 Å². The predicted molar refractivity (Wildman–Crippen MR) is 145 cm³/mol. The molecule has 2 N–H and O–H groups in total. The van der Waals surface area contributed by atoms with E-state index in [1.165, 1.54) is 16.9 Å². The standard InChI is InChI=1S/C26H25F6N7O3S/c1-38-23-19(15-34-24(35-23)33-7-8-39-9-11-42-12-10-39)22(36-38)16-5-6-21(20(13-16)26(30,31)32)37-43(40,41)18-4-2-3-17(14-18)25(27,28)29/h2-6,13-15,37H,7-12H2,1H3,(H,33,34,35). The minimum atomic E-state index is -5.03. The number of aromatic nitrogens is 4. The van der Waals surface area contributed by atoms with Gasteiger partial charge in [-0.2, -0.15) is 36.4 Å². The number of morpholine rings is 1. The number of hydrogen-bond acceptors (Lipinski definition) is 8. The molecule has 5 rings (SSSR count). The summed E-state index contributed by atoms with van der Waals surface area (Å²) in [5, 5.41) is 7.79. The van der Waals surface area contributed by atoms with Crippen LogP contribution in [0.25, 0.3) is 22.3 Å². The first-order valence-electron chi connectivity index (χ1n) is 12.9. The Morgan fingerprint density at radius 3 is 2.44 bits per heavy atom. The molecule has 0 radical (unpaired) electrons. The van der Waals surface area contributed by atoms with Crippen molar-refractivity contribution in [3.63, 3.8) is 0 Å². The van der Waals surface area contributed by atoms with Crippen molar-refractivity contribution in [2.45, 2.75) is 17.2 Å². The summed E-state index contributed by atoms with van der Waals surface area (Å²) in [7, 11) is -3.24. The Balaban J connectivity index is 1.42. The van der Waals surface area contributed by atoms with E-state index in [2.05, 4.69) is 25.3 Å². The van der Waals surface area contributed by atoms with E-state index < -0.39 is 44.1 Å². The summed E-state index contributed by atoms with van der Waals surface area (Å²) in [6.07, 6.45) is -8.45. The average molecular weight is 630 g/mol. The summed E-state index contributed by atoms with van der Waals surface area (Å²) >= 11 is 0. The van der Waals surface area contributed by atoms with Crippen molar-refractivity contribution >= 4 is 32.7 Å². The van der Waals surface area contributed by atoms with Crippen LogP contribution in [-0.2, 0) is 34.2 Å². The molecule has 0 saturated carbocycles. The highest BCUT2D eigenvalue weighted by molar-refractivity contribution is 7.92. The van der Waals surface area contributed by atoms with Crippen LogP contribution in [0.4, 0.5) is 38.0 Å². The molecule has 0 spiro atoms. The molecule has 3 heterocycles. The molecule has 0 aliphatic carbocycles. The second-order valence-electron chi connectivity index (χ2n) is 9.67. The number of fused-ring (bicyclic) bond motifs is 1. The van der Waals surface area contributed by atoms with Crippen molar-refractivity contribution in [3.8, 4) is 11.3 Å². The van der Waals surface area contributed by atoms with Crippen LogP contribution in [0.15, 0.2) is 53.6 Å². The molecule has 0 atom stereocenters. The van der Waals surface area contributed by atoms with Gasteiger partial charge in [0.05, 0.1) is 40.3 Å². The topological polar surface area (TPSA) is 114 Å². The maximum atomic E-state index is 14.1. The van der Waals surface area contributed by atoms with Gasteiger partial charge >= 0.3 is 12.4 Å². The summed E-state index contributed by atoms with van der Waals surface area (Å²) in [6.45, 7) is 4.27. The molecular formula is C26H25F6N7O3S. The molecule has 0 unspecified atom stereocenters. The van der Waals surface area contributed by atoms with Gasteiger partial charge in [0.15, 0.2) is 5.65 Å². The Kier molecular flexibility index (Phi) is 8.24. The van der Waals surface area contributed by atoms with Gasteiger partial charge < -0.3 is 10.1 Å². The van der Waals surface area contributed by atoms with Crippen molar-refractivity contribution in [2.75, 3.05) is 49.4 Å². The van der Waals surface area contributed by atoms with Gasteiger partial charge in [0.2, 0.25) is 5.95 Å². The normalized spacial score (nSPS) is 15.1. The first kappa shape index (κ1) is 30.5. The van der Waals surface area contributed by atoms with E-state index in [0.29, 0.717) is 54.9 Å². The maximum Gasteiger partial charge on any atom is 0.418 e. The summed E-state index contributed by atoms with van der Waals surface area (Å²) in [6, 6.07) is 5.51. The number of nitrogens with one attached hydrogen (secondary N) is 2. The van der Waals surface area contributed by atoms with Crippen LogP contribution in [-0.4, -0.2) is 72.5 Å². The van der Waals surface area contributed by atoms with E-state index in [1.807, 2.05) is 0 Å². The van der Waals surface area contributed by atoms with Gasteiger partial charge in [-0.3, -0.25) is 9.62 Å². The lowest BCUT2D eigenvalue weighted by atomic mass is 10.0. The maximum absolute atomic E-state index is 14.1. The monoisotopic (exact) mass is 629 g/mol. The van der Waals surface area contributed by atoms with Crippen LogP contribution in [0.3, 0.4) is 0 Å². The molecule has 43 heavy (non-hydrogen) atoms. The average Bonchev–Trinajstić information content (AvgIpc) is 3.28. The fourth-order valence-electron chi connectivity index (χ4n) is 4.55. The Labute approximate surface area is 241 Å². The number of aryl methyl sites for hydroxylation is 1.